The molecule has 20 heavy (non-hydrogen) atoms. The van der Waals surface area contributed by atoms with E-state index in [4.69, 9.17) is 5.73 Å². The summed E-state index contributed by atoms with van der Waals surface area (Å²) in [6.45, 7) is 4.23. The zero-order valence-electron chi connectivity index (χ0n) is 11.8. The van der Waals surface area contributed by atoms with E-state index < -0.39 is 0 Å². The van der Waals surface area contributed by atoms with Gasteiger partial charge in [0, 0.05) is 12.1 Å². The second kappa shape index (κ2) is 7.36. The second-order valence-electron chi connectivity index (χ2n) is 5.55. The molecule has 1 fully saturated rings. The van der Waals surface area contributed by atoms with Gasteiger partial charge in [-0.25, -0.2) is 0 Å². The molecule has 1 heterocycles. The highest BCUT2D eigenvalue weighted by Crippen LogP contribution is 2.17. The Balaban J connectivity index is 1.69. The molecule has 0 aliphatic carbocycles. The van der Waals surface area contributed by atoms with Crippen LogP contribution in [0.4, 0.5) is 5.69 Å². The maximum absolute atomic E-state index is 10.6. The first-order valence-electron chi connectivity index (χ1n) is 7.35. The summed E-state index contributed by atoms with van der Waals surface area (Å²) in [5.74, 6) is 0.709. The molecule has 0 unspecified atom stereocenters. The molecule has 1 aromatic carbocycles. The lowest BCUT2D eigenvalue weighted by Crippen LogP contribution is -2.36. The van der Waals surface area contributed by atoms with E-state index >= 15 is 0 Å². The van der Waals surface area contributed by atoms with Crippen LogP contribution in [0.1, 0.15) is 24.8 Å². The third kappa shape index (κ3) is 4.28. The Labute approximate surface area is 119 Å². The Hall–Kier alpha value is -1.46. The molecular weight excluding hydrogens is 254 g/mol. The van der Waals surface area contributed by atoms with Crippen molar-refractivity contribution in [2.75, 3.05) is 26.2 Å². The van der Waals surface area contributed by atoms with Gasteiger partial charge in [0.15, 0.2) is 0 Å². The average molecular weight is 277 g/mol. The summed E-state index contributed by atoms with van der Waals surface area (Å²) in [6.07, 6.45) is 4.52. The fourth-order valence-electron chi connectivity index (χ4n) is 2.74. The Kier molecular flexibility index (Phi) is 5.49. The quantitative estimate of drug-likeness (QED) is 0.639. The van der Waals surface area contributed by atoms with Gasteiger partial charge < -0.3 is 10.6 Å². The number of nitrogens with two attached hydrogens (primary N) is 1. The van der Waals surface area contributed by atoms with Crippen molar-refractivity contribution in [2.45, 2.75) is 25.7 Å². The molecule has 0 amide bonds. The zero-order chi connectivity index (χ0) is 14.4. The van der Waals surface area contributed by atoms with Crippen LogP contribution in [-0.4, -0.2) is 36.0 Å². The van der Waals surface area contributed by atoms with Crippen LogP contribution in [0.3, 0.4) is 0 Å². The lowest BCUT2D eigenvalue weighted by Gasteiger charge is -2.31. The van der Waals surface area contributed by atoms with Crippen molar-refractivity contribution in [3.05, 3.63) is 39.9 Å². The predicted molar refractivity (Wildman–Crippen MR) is 79.6 cm³/mol. The molecule has 0 bridgehead atoms. The van der Waals surface area contributed by atoms with E-state index in [2.05, 4.69) is 4.90 Å². The van der Waals surface area contributed by atoms with Crippen molar-refractivity contribution in [2.24, 2.45) is 11.7 Å². The molecule has 0 atom stereocenters. The van der Waals surface area contributed by atoms with Crippen LogP contribution in [0, 0.1) is 16.0 Å². The predicted octanol–water partition coefficient (Wildman–Crippen LogP) is 2.20. The summed E-state index contributed by atoms with van der Waals surface area (Å²) >= 11 is 0. The van der Waals surface area contributed by atoms with Crippen molar-refractivity contribution >= 4 is 5.69 Å². The first kappa shape index (κ1) is 14.9. The molecule has 5 heteroatoms. The number of hydrogen-bond donors (Lipinski definition) is 1. The highest BCUT2D eigenvalue weighted by molar-refractivity contribution is 5.32. The molecule has 1 aliphatic heterocycles. The number of likely N-dealkylation sites (tertiary alicyclic amines) is 1. The van der Waals surface area contributed by atoms with Crippen LogP contribution < -0.4 is 5.73 Å². The van der Waals surface area contributed by atoms with Gasteiger partial charge in [-0.2, -0.15) is 0 Å². The lowest BCUT2D eigenvalue weighted by atomic mass is 9.97. The molecule has 1 saturated heterocycles. The monoisotopic (exact) mass is 277 g/mol. The topological polar surface area (TPSA) is 72.4 Å². The maximum Gasteiger partial charge on any atom is 0.269 e. The van der Waals surface area contributed by atoms with Gasteiger partial charge in [0.05, 0.1) is 4.92 Å². The van der Waals surface area contributed by atoms with Gasteiger partial charge in [-0.1, -0.05) is 12.1 Å². The number of piperidine rings is 1. The van der Waals surface area contributed by atoms with Crippen molar-refractivity contribution in [3.63, 3.8) is 0 Å². The minimum atomic E-state index is -0.356. The van der Waals surface area contributed by atoms with Crippen LogP contribution in [0.15, 0.2) is 24.3 Å². The van der Waals surface area contributed by atoms with Gasteiger partial charge in [-0.3, -0.25) is 10.1 Å². The highest BCUT2D eigenvalue weighted by atomic mass is 16.6. The van der Waals surface area contributed by atoms with Gasteiger partial charge >= 0.3 is 0 Å². The third-order valence-electron chi connectivity index (χ3n) is 4.13. The molecule has 2 N–H and O–H groups in total. The van der Waals surface area contributed by atoms with E-state index in [-0.39, 0.29) is 10.6 Å². The SMILES string of the molecule is NCC1CCN(CCCc2ccc([N+](=O)[O-])cc2)CC1. The van der Waals surface area contributed by atoms with Gasteiger partial charge in [0.25, 0.3) is 5.69 Å². The van der Waals surface area contributed by atoms with Gasteiger partial charge in [0.2, 0.25) is 0 Å². The number of non-ortho nitro benzene ring substituents is 1. The number of aryl methyl sites for hydroxylation is 1. The zero-order valence-corrected chi connectivity index (χ0v) is 11.8. The van der Waals surface area contributed by atoms with E-state index in [1.54, 1.807) is 12.1 Å². The van der Waals surface area contributed by atoms with Gasteiger partial charge in [0.1, 0.15) is 0 Å². The van der Waals surface area contributed by atoms with E-state index in [0.717, 1.165) is 39.0 Å². The summed E-state index contributed by atoms with van der Waals surface area (Å²) in [6, 6.07) is 6.89. The Morgan fingerprint density at radius 1 is 1.25 bits per heavy atom. The lowest BCUT2D eigenvalue weighted by molar-refractivity contribution is -0.384. The minimum Gasteiger partial charge on any atom is -0.330 e. The molecule has 1 aromatic rings. The number of hydrogen-bond acceptors (Lipinski definition) is 4. The van der Waals surface area contributed by atoms with Crippen LogP contribution in [0.25, 0.3) is 0 Å². The van der Waals surface area contributed by atoms with Crippen molar-refractivity contribution in [1.82, 2.24) is 4.90 Å². The number of nitro groups is 1. The smallest absolute Gasteiger partial charge is 0.269 e. The fourth-order valence-corrected chi connectivity index (χ4v) is 2.74. The van der Waals surface area contributed by atoms with Crippen LogP contribution in [-0.2, 0) is 6.42 Å². The molecule has 5 nitrogen and oxygen atoms in total. The first-order chi connectivity index (χ1) is 9.69. The fraction of sp³-hybridized carbons (Fsp3) is 0.600. The minimum absolute atomic E-state index is 0.164. The van der Waals surface area contributed by atoms with E-state index in [1.165, 1.54) is 18.4 Å². The maximum atomic E-state index is 10.6. The molecular formula is C15H23N3O2. The van der Waals surface area contributed by atoms with E-state index in [9.17, 15) is 10.1 Å². The number of benzene rings is 1. The van der Waals surface area contributed by atoms with Crippen molar-refractivity contribution in [1.29, 1.82) is 0 Å². The van der Waals surface area contributed by atoms with Crippen molar-refractivity contribution < 1.29 is 4.92 Å². The Morgan fingerprint density at radius 2 is 1.90 bits per heavy atom. The van der Waals surface area contributed by atoms with Crippen molar-refractivity contribution in [3.8, 4) is 0 Å². The summed E-state index contributed by atoms with van der Waals surface area (Å²) in [7, 11) is 0. The number of rotatable bonds is 6. The second-order valence-corrected chi connectivity index (χ2v) is 5.55. The Bertz CT molecular complexity index is 425. The third-order valence-corrected chi connectivity index (χ3v) is 4.13. The molecule has 0 spiro atoms. The molecule has 0 radical (unpaired) electrons. The van der Waals surface area contributed by atoms with Crippen LogP contribution in [0.2, 0.25) is 0 Å². The first-order valence-corrected chi connectivity index (χ1v) is 7.35. The number of nitrogens with zero attached hydrogens (tertiary/aromatic N) is 2. The highest BCUT2D eigenvalue weighted by Gasteiger charge is 2.17. The summed E-state index contributed by atoms with van der Waals surface area (Å²) in [4.78, 5) is 12.7. The molecule has 0 aromatic heterocycles. The largest absolute Gasteiger partial charge is 0.330 e. The summed E-state index contributed by atoms with van der Waals surface area (Å²) < 4.78 is 0. The van der Waals surface area contributed by atoms with Gasteiger partial charge in [-0.15, -0.1) is 0 Å². The normalized spacial score (nSPS) is 17.2. The Morgan fingerprint density at radius 3 is 2.45 bits per heavy atom. The molecule has 2 rings (SSSR count). The summed E-state index contributed by atoms with van der Waals surface area (Å²) in [5, 5.41) is 10.6. The average Bonchev–Trinajstić information content (AvgIpc) is 2.48. The number of nitro benzene ring substituents is 1. The standard InChI is InChI=1S/C15H23N3O2/c16-12-14-7-10-17(11-8-14)9-1-2-13-3-5-15(6-4-13)18(19)20/h3-6,14H,1-2,7-12,16H2. The van der Waals surface area contributed by atoms with Crippen LogP contribution >= 0.6 is 0 Å². The van der Waals surface area contributed by atoms with E-state index in [1.807, 2.05) is 12.1 Å². The van der Waals surface area contributed by atoms with Crippen LogP contribution in [0.5, 0.6) is 0 Å². The van der Waals surface area contributed by atoms with Gasteiger partial charge in [-0.05, 0) is 63.3 Å². The summed E-state index contributed by atoms with van der Waals surface area (Å²) in [5.41, 5.74) is 7.03. The molecule has 110 valence electrons. The molecule has 0 saturated carbocycles. The van der Waals surface area contributed by atoms with E-state index in [0.29, 0.717) is 5.92 Å². The molecule has 1 aliphatic rings.